The van der Waals surface area contributed by atoms with Gasteiger partial charge in [-0.25, -0.2) is 4.79 Å². The van der Waals surface area contributed by atoms with E-state index in [1.807, 2.05) is 6.07 Å². The molecule has 0 spiro atoms. The van der Waals surface area contributed by atoms with Gasteiger partial charge in [-0.15, -0.1) is 0 Å². The fourth-order valence-corrected chi connectivity index (χ4v) is 1.93. The van der Waals surface area contributed by atoms with E-state index < -0.39 is 5.97 Å². The van der Waals surface area contributed by atoms with Crippen LogP contribution in [0.5, 0.6) is 0 Å². The molecule has 2 aromatic rings. The van der Waals surface area contributed by atoms with Gasteiger partial charge in [0.1, 0.15) is 11.8 Å². The zero-order chi connectivity index (χ0) is 12.4. The van der Waals surface area contributed by atoms with Crippen LogP contribution in [0, 0.1) is 11.3 Å². The van der Waals surface area contributed by atoms with Gasteiger partial charge < -0.3 is 9.67 Å². The van der Waals surface area contributed by atoms with E-state index in [-0.39, 0.29) is 5.56 Å². The van der Waals surface area contributed by atoms with Crippen LogP contribution in [0.2, 0.25) is 0 Å². The summed E-state index contributed by atoms with van der Waals surface area (Å²) in [5, 5.41) is 18.1. The van der Waals surface area contributed by atoms with Crippen molar-refractivity contribution in [3.63, 3.8) is 0 Å². The molecule has 17 heavy (non-hydrogen) atoms. The molecular formula is C12H7BrN2O2. The molecule has 0 fully saturated rings. The monoisotopic (exact) mass is 290 g/mol. The minimum absolute atomic E-state index is 0.145. The van der Waals surface area contributed by atoms with Gasteiger partial charge in [-0.3, -0.25) is 0 Å². The number of aromatic nitrogens is 1. The van der Waals surface area contributed by atoms with Crippen molar-refractivity contribution in [2.24, 2.45) is 0 Å². The molecule has 0 radical (unpaired) electrons. The minimum atomic E-state index is -1.03. The lowest BCUT2D eigenvalue weighted by Crippen LogP contribution is -2.06. The van der Waals surface area contributed by atoms with Crippen LogP contribution in [-0.4, -0.2) is 15.6 Å². The first-order chi connectivity index (χ1) is 8.13. The van der Waals surface area contributed by atoms with Crippen molar-refractivity contribution in [3.05, 3.63) is 52.3 Å². The van der Waals surface area contributed by atoms with Gasteiger partial charge in [0.05, 0.1) is 11.3 Å². The Balaban J connectivity index is 2.68. The molecule has 0 unspecified atom stereocenters. The number of carboxylic acids is 1. The molecule has 1 heterocycles. The summed E-state index contributed by atoms with van der Waals surface area (Å²) in [5.41, 5.74) is 1.02. The molecule has 2 rings (SSSR count). The summed E-state index contributed by atoms with van der Waals surface area (Å²) < 4.78 is 2.24. The summed E-state index contributed by atoms with van der Waals surface area (Å²) in [6.07, 6.45) is 1.66. The summed E-state index contributed by atoms with van der Waals surface area (Å²) in [6, 6.07) is 10.3. The number of hydrogen-bond acceptors (Lipinski definition) is 2. The summed E-state index contributed by atoms with van der Waals surface area (Å²) in [7, 11) is 0. The molecule has 1 aromatic heterocycles. The Morgan fingerprint density at radius 2 is 2.18 bits per heavy atom. The number of benzene rings is 1. The van der Waals surface area contributed by atoms with Crippen LogP contribution >= 0.6 is 15.9 Å². The number of nitrogens with zero attached hydrogens (tertiary/aromatic N) is 2. The van der Waals surface area contributed by atoms with Crippen molar-refractivity contribution in [1.29, 1.82) is 5.26 Å². The molecule has 0 saturated heterocycles. The average Bonchev–Trinajstić information content (AvgIpc) is 2.76. The highest BCUT2D eigenvalue weighted by atomic mass is 79.9. The SMILES string of the molecule is N#Cc1cccn1-c1ccc(Br)cc1C(=O)O. The van der Waals surface area contributed by atoms with Gasteiger partial charge in [0.25, 0.3) is 0 Å². The van der Waals surface area contributed by atoms with E-state index in [9.17, 15) is 4.79 Å². The number of carboxylic acid groups (broad SMARTS) is 1. The van der Waals surface area contributed by atoms with Crippen LogP contribution in [0.1, 0.15) is 16.1 Å². The Labute approximate surface area is 106 Å². The lowest BCUT2D eigenvalue weighted by Gasteiger charge is -2.09. The number of rotatable bonds is 2. The first kappa shape index (κ1) is 11.4. The van der Waals surface area contributed by atoms with Gasteiger partial charge in [0.15, 0.2) is 0 Å². The van der Waals surface area contributed by atoms with Gasteiger partial charge in [-0.1, -0.05) is 15.9 Å². The third-order valence-corrected chi connectivity index (χ3v) is 2.81. The van der Waals surface area contributed by atoms with E-state index in [1.54, 1.807) is 35.0 Å². The summed E-state index contributed by atoms with van der Waals surface area (Å²) in [6.45, 7) is 0. The molecule has 0 bridgehead atoms. The molecule has 84 valence electrons. The van der Waals surface area contributed by atoms with E-state index in [0.29, 0.717) is 15.9 Å². The average molecular weight is 291 g/mol. The van der Waals surface area contributed by atoms with Crippen molar-refractivity contribution in [2.45, 2.75) is 0 Å². The summed E-state index contributed by atoms with van der Waals surface area (Å²) in [5.74, 6) is -1.03. The molecule has 4 nitrogen and oxygen atoms in total. The maximum absolute atomic E-state index is 11.2. The number of nitriles is 1. The van der Waals surface area contributed by atoms with Gasteiger partial charge >= 0.3 is 5.97 Å². The van der Waals surface area contributed by atoms with Crippen molar-refractivity contribution >= 4 is 21.9 Å². The topological polar surface area (TPSA) is 66.0 Å². The second-order valence-corrected chi connectivity index (χ2v) is 4.26. The summed E-state index contributed by atoms with van der Waals surface area (Å²) >= 11 is 3.23. The Hall–Kier alpha value is -2.06. The zero-order valence-corrected chi connectivity index (χ0v) is 10.2. The first-order valence-corrected chi connectivity index (χ1v) is 5.53. The molecule has 1 aromatic carbocycles. The third kappa shape index (κ3) is 2.08. The van der Waals surface area contributed by atoms with E-state index >= 15 is 0 Å². The van der Waals surface area contributed by atoms with Crippen LogP contribution in [0.15, 0.2) is 41.0 Å². The molecule has 0 aliphatic rings. The smallest absolute Gasteiger partial charge is 0.337 e. The predicted molar refractivity (Wildman–Crippen MR) is 65.1 cm³/mol. The fourth-order valence-electron chi connectivity index (χ4n) is 1.57. The molecule has 1 N–H and O–H groups in total. The number of hydrogen-bond donors (Lipinski definition) is 1. The number of aromatic carboxylic acids is 1. The van der Waals surface area contributed by atoms with Crippen LogP contribution in [-0.2, 0) is 0 Å². The first-order valence-electron chi connectivity index (χ1n) is 4.74. The largest absolute Gasteiger partial charge is 0.478 e. The van der Waals surface area contributed by atoms with Gasteiger partial charge in [0.2, 0.25) is 0 Å². The van der Waals surface area contributed by atoms with E-state index in [4.69, 9.17) is 10.4 Å². The Morgan fingerprint density at radius 1 is 1.41 bits per heavy atom. The van der Waals surface area contributed by atoms with Gasteiger partial charge in [-0.05, 0) is 30.3 Å². The lowest BCUT2D eigenvalue weighted by molar-refractivity contribution is 0.0697. The highest BCUT2D eigenvalue weighted by Crippen LogP contribution is 2.21. The molecular weight excluding hydrogens is 284 g/mol. The van der Waals surface area contributed by atoms with Crippen molar-refractivity contribution in [1.82, 2.24) is 4.57 Å². The molecule has 0 atom stereocenters. The fraction of sp³-hybridized carbons (Fsp3) is 0. The molecule has 0 saturated carbocycles. The highest BCUT2D eigenvalue weighted by molar-refractivity contribution is 9.10. The molecule has 0 aliphatic carbocycles. The van der Waals surface area contributed by atoms with E-state index in [0.717, 1.165) is 0 Å². The molecule has 0 amide bonds. The number of carbonyl (C=O) groups is 1. The van der Waals surface area contributed by atoms with Crippen molar-refractivity contribution in [2.75, 3.05) is 0 Å². The lowest BCUT2D eigenvalue weighted by atomic mass is 10.1. The Bertz CT molecular complexity index is 626. The molecule has 0 aliphatic heterocycles. The van der Waals surface area contributed by atoms with Crippen molar-refractivity contribution < 1.29 is 9.90 Å². The predicted octanol–water partition coefficient (Wildman–Crippen LogP) is 2.81. The highest BCUT2D eigenvalue weighted by Gasteiger charge is 2.13. The van der Waals surface area contributed by atoms with Gasteiger partial charge in [0, 0.05) is 10.7 Å². The number of halogens is 1. The summed E-state index contributed by atoms with van der Waals surface area (Å²) in [4.78, 5) is 11.2. The standard InChI is InChI=1S/C12H7BrN2O2/c13-8-3-4-11(10(6-8)12(16)17)15-5-1-2-9(15)7-14/h1-6H,(H,16,17). The van der Waals surface area contributed by atoms with Crippen LogP contribution in [0.25, 0.3) is 5.69 Å². The van der Waals surface area contributed by atoms with Crippen LogP contribution in [0.4, 0.5) is 0 Å². The van der Waals surface area contributed by atoms with Crippen LogP contribution in [0.3, 0.4) is 0 Å². The normalized spacial score (nSPS) is 9.88. The Morgan fingerprint density at radius 3 is 2.82 bits per heavy atom. The maximum Gasteiger partial charge on any atom is 0.337 e. The van der Waals surface area contributed by atoms with Crippen LogP contribution < -0.4 is 0 Å². The maximum atomic E-state index is 11.2. The zero-order valence-electron chi connectivity index (χ0n) is 8.59. The van der Waals surface area contributed by atoms with E-state index in [2.05, 4.69) is 15.9 Å². The second kappa shape index (κ2) is 4.44. The second-order valence-electron chi connectivity index (χ2n) is 3.34. The Kier molecular flexibility index (Phi) is 2.98. The quantitative estimate of drug-likeness (QED) is 0.925. The third-order valence-electron chi connectivity index (χ3n) is 2.31. The van der Waals surface area contributed by atoms with Gasteiger partial charge in [-0.2, -0.15) is 5.26 Å². The van der Waals surface area contributed by atoms with Crippen molar-refractivity contribution in [3.8, 4) is 11.8 Å². The molecule has 5 heteroatoms. The van der Waals surface area contributed by atoms with E-state index in [1.165, 1.54) is 6.07 Å². The minimum Gasteiger partial charge on any atom is -0.478 e.